The van der Waals surface area contributed by atoms with Gasteiger partial charge in [0.05, 0.1) is 6.61 Å². The van der Waals surface area contributed by atoms with Gasteiger partial charge in [0.2, 0.25) is 0 Å². The van der Waals surface area contributed by atoms with Crippen LogP contribution in [0.25, 0.3) is 0 Å². The Labute approximate surface area is 116 Å². The molecule has 0 aliphatic carbocycles. The lowest BCUT2D eigenvalue weighted by atomic mass is 10.1. The summed E-state index contributed by atoms with van der Waals surface area (Å²) >= 11 is 0. The molecule has 0 bridgehead atoms. The molecule has 1 heterocycles. The van der Waals surface area contributed by atoms with Crippen LogP contribution < -0.4 is 10.1 Å². The van der Waals surface area contributed by atoms with Crippen LogP contribution in [0.1, 0.15) is 30.4 Å². The van der Waals surface area contributed by atoms with Crippen molar-refractivity contribution >= 4 is 0 Å². The van der Waals surface area contributed by atoms with Crippen molar-refractivity contribution in [2.45, 2.75) is 32.7 Å². The average molecular weight is 262 g/mol. The number of ether oxygens (including phenoxy) is 1. The second-order valence-electron chi connectivity index (χ2n) is 5.34. The average Bonchev–Trinajstić information content (AvgIpc) is 2.90. The van der Waals surface area contributed by atoms with Gasteiger partial charge in [-0.1, -0.05) is 18.2 Å². The summed E-state index contributed by atoms with van der Waals surface area (Å²) in [6.07, 6.45) is 3.85. The zero-order valence-electron chi connectivity index (χ0n) is 12.2. The molecule has 1 N–H and O–H groups in total. The van der Waals surface area contributed by atoms with Crippen LogP contribution in [0.15, 0.2) is 18.2 Å². The minimum absolute atomic E-state index is 0.818. The van der Waals surface area contributed by atoms with Gasteiger partial charge in [-0.3, -0.25) is 0 Å². The molecule has 1 aliphatic rings. The van der Waals surface area contributed by atoms with Gasteiger partial charge < -0.3 is 15.0 Å². The lowest BCUT2D eigenvalue weighted by molar-refractivity contribution is 0.260. The molecule has 2 rings (SSSR count). The quantitative estimate of drug-likeness (QED) is 0.764. The van der Waals surface area contributed by atoms with Gasteiger partial charge in [-0.05, 0) is 51.9 Å². The van der Waals surface area contributed by atoms with E-state index in [1.54, 1.807) is 0 Å². The van der Waals surface area contributed by atoms with Crippen LogP contribution in [0.5, 0.6) is 5.75 Å². The molecule has 106 valence electrons. The molecule has 19 heavy (non-hydrogen) atoms. The molecule has 3 nitrogen and oxygen atoms in total. The molecular formula is C16H26N2O. The maximum atomic E-state index is 6.01. The zero-order valence-corrected chi connectivity index (χ0v) is 12.2. The first-order valence-corrected chi connectivity index (χ1v) is 7.39. The van der Waals surface area contributed by atoms with Crippen LogP contribution in [-0.2, 0) is 6.54 Å². The first-order valence-electron chi connectivity index (χ1n) is 7.39. The molecule has 1 fully saturated rings. The monoisotopic (exact) mass is 262 g/mol. The van der Waals surface area contributed by atoms with Gasteiger partial charge in [-0.25, -0.2) is 0 Å². The number of nitrogens with zero attached hydrogens (tertiary/aromatic N) is 1. The summed E-state index contributed by atoms with van der Waals surface area (Å²) in [4.78, 5) is 2.54. The summed E-state index contributed by atoms with van der Waals surface area (Å²) in [7, 11) is 1.97. The van der Waals surface area contributed by atoms with Crippen LogP contribution in [-0.4, -0.2) is 38.2 Å². The van der Waals surface area contributed by atoms with E-state index in [0.29, 0.717) is 0 Å². The van der Waals surface area contributed by atoms with E-state index >= 15 is 0 Å². The van der Waals surface area contributed by atoms with Gasteiger partial charge >= 0.3 is 0 Å². The number of nitrogens with one attached hydrogen (secondary N) is 1. The topological polar surface area (TPSA) is 24.5 Å². The highest BCUT2D eigenvalue weighted by Gasteiger charge is 2.11. The fraction of sp³-hybridized carbons (Fsp3) is 0.625. The fourth-order valence-corrected chi connectivity index (χ4v) is 2.72. The van der Waals surface area contributed by atoms with Gasteiger partial charge in [0.1, 0.15) is 5.75 Å². The summed E-state index contributed by atoms with van der Waals surface area (Å²) in [5, 5.41) is 3.20. The Morgan fingerprint density at radius 2 is 2.05 bits per heavy atom. The van der Waals surface area contributed by atoms with E-state index in [2.05, 4.69) is 35.3 Å². The Bertz CT molecular complexity index is 386. The van der Waals surface area contributed by atoms with Crippen molar-refractivity contribution in [1.29, 1.82) is 0 Å². The van der Waals surface area contributed by atoms with E-state index in [9.17, 15) is 0 Å². The summed E-state index contributed by atoms with van der Waals surface area (Å²) in [5.41, 5.74) is 2.48. The molecule has 0 amide bonds. The number of para-hydroxylation sites is 1. The van der Waals surface area contributed by atoms with Crippen molar-refractivity contribution in [2.75, 3.05) is 33.3 Å². The van der Waals surface area contributed by atoms with Crippen LogP contribution >= 0.6 is 0 Å². The molecule has 1 aromatic rings. The third-order valence-corrected chi connectivity index (χ3v) is 3.72. The smallest absolute Gasteiger partial charge is 0.126 e. The molecule has 1 aromatic carbocycles. The Hall–Kier alpha value is -1.06. The Morgan fingerprint density at radius 1 is 1.26 bits per heavy atom. The van der Waals surface area contributed by atoms with Gasteiger partial charge in [-0.15, -0.1) is 0 Å². The van der Waals surface area contributed by atoms with E-state index in [4.69, 9.17) is 4.74 Å². The van der Waals surface area contributed by atoms with E-state index in [1.807, 2.05) is 7.05 Å². The van der Waals surface area contributed by atoms with Crippen LogP contribution in [0.2, 0.25) is 0 Å². The number of benzene rings is 1. The van der Waals surface area contributed by atoms with E-state index in [-0.39, 0.29) is 0 Å². The molecule has 1 saturated heterocycles. The minimum Gasteiger partial charge on any atom is -0.493 e. The molecule has 0 saturated carbocycles. The number of hydrogen-bond acceptors (Lipinski definition) is 3. The molecule has 0 spiro atoms. The Kier molecular flexibility index (Phi) is 5.67. The van der Waals surface area contributed by atoms with Gasteiger partial charge in [0.15, 0.2) is 0 Å². The highest BCUT2D eigenvalue weighted by Crippen LogP contribution is 2.23. The minimum atomic E-state index is 0.818. The number of aryl methyl sites for hydroxylation is 1. The molecule has 0 atom stereocenters. The lowest BCUT2D eigenvalue weighted by Crippen LogP contribution is -2.22. The summed E-state index contributed by atoms with van der Waals surface area (Å²) in [5.74, 6) is 1.07. The summed E-state index contributed by atoms with van der Waals surface area (Å²) < 4.78 is 6.01. The van der Waals surface area contributed by atoms with Gasteiger partial charge in [-0.2, -0.15) is 0 Å². The van der Waals surface area contributed by atoms with Crippen molar-refractivity contribution in [1.82, 2.24) is 10.2 Å². The van der Waals surface area contributed by atoms with Crippen molar-refractivity contribution in [3.8, 4) is 5.75 Å². The lowest BCUT2D eigenvalue weighted by Gasteiger charge is -2.17. The van der Waals surface area contributed by atoms with E-state index in [1.165, 1.54) is 43.6 Å². The standard InChI is InChI=1S/C16H26N2O/c1-14-7-5-8-15(13-17-2)16(14)19-12-6-11-18-9-3-4-10-18/h5,7-8,17H,3-4,6,9-13H2,1-2H3. The van der Waals surface area contributed by atoms with Crippen molar-refractivity contribution in [3.05, 3.63) is 29.3 Å². The second kappa shape index (κ2) is 7.51. The predicted molar refractivity (Wildman–Crippen MR) is 79.7 cm³/mol. The second-order valence-corrected chi connectivity index (χ2v) is 5.34. The third-order valence-electron chi connectivity index (χ3n) is 3.72. The van der Waals surface area contributed by atoms with Crippen LogP contribution in [0.4, 0.5) is 0 Å². The summed E-state index contributed by atoms with van der Waals surface area (Å²) in [6, 6.07) is 6.35. The molecule has 3 heteroatoms. The van der Waals surface area contributed by atoms with Gasteiger partial charge in [0.25, 0.3) is 0 Å². The largest absolute Gasteiger partial charge is 0.493 e. The highest BCUT2D eigenvalue weighted by atomic mass is 16.5. The van der Waals surface area contributed by atoms with E-state index < -0.39 is 0 Å². The fourth-order valence-electron chi connectivity index (χ4n) is 2.72. The van der Waals surface area contributed by atoms with Crippen LogP contribution in [0.3, 0.4) is 0 Å². The van der Waals surface area contributed by atoms with Gasteiger partial charge in [0, 0.05) is 18.7 Å². The maximum Gasteiger partial charge on any atom is 0.126 e. The number of likely N-dealkylation sites (tertiary alicyclic amines) is 1. The first-order chi connectivity index (χ1) is 9.31. The molecular weight excluding hydrogens is 236 g/mol. The van der Waals surface area contributed by atoms with E-state index in [0.717, 1.165) is 25.3 Å². The number of rotatable bonds is 7. The van der Waals surface area contributed by atoms with Crippen molar-refractivity contribution < 1.29 is 4.74 Å². The normalized spacial score (nSPS) is 15.9. The molecule has 0 radical (unpaired) electrons. The Morgan fingerprint density at radius 3 is 2.79 bits per heavy atom. The SMILES string of the molecule is CNCc1cccc(C)c1OCCCN1CCCC1. The predicted octanol–water partition coefficient (Wildman–Crippen LogP) is 2.58. The molecule has 1 aliphatic heterocycles. The highest BCUT2D eigenvalue weighted by molar-refractivity contribution is 5.40. The summed E-state index contributed by atoms with van der Waals surface area (Å²) in [6.45, 7) is 7.52. The van der Waals surface area contributed by atoms with Crippen LogP contribution in [0, 0.1) is 6.92 Å². The number of hydrogen-bond donors (Lipinski definition) is 1. The van der Waals surface area contributed by atoms with Crippen molar-refractivity contribution in [2.24, 2.45) is 0 Å². The zero-order chi connectivity index (χ0) is 13.5. The Balaban J connectivity index is 1.80. The van der Waals surface area contributed by atoms with Crippen molar-refractivity contribution in [3.63, 3.8) is 0 Å². The molecule has 0 unspecified atom stereocenters. The first kappa shape index (κ1) is 14.4. The third kappa shape index (κ3) is 4.22. The maximum absolute atomic E-state index is 6.01. The molecule has 0 aromatic heterocycles.